The summed E-state index contributed by atoms with van der Waals surface area (Å²) >= 11 is 0. The molecule has 30 heavy (non-hydrogen) atoms. The molecule has 0 unspecified atom stereocenters. The largest absolute Gasteiger partial charge is 0.490 e. The molecule has 1 aromatic heterocycles. The summed E-state index contributed by atoms with van der Waals surface area (Å²) < 4.78 is 37.6. The van der Waals surface area contributed by atoms with Gasteiger partial charge in [-0.3, -0.25) is 0 Å². The summed E-state index contributed by atoms with van der Waals surface area (Å²) in [4.78, 5) is 13.3. The van der Waals surface area contributed by atoms with Gasteiger partial charge < -0.3 is 15.2 Å². The van der Waals surface area contributed by atoms with Crippen LogP contribution in [-0.4, -0.2) is 35.3 Å². The van der Waals surface area contributed by atoms with Gasteiger partial charge in [-0.1, -0.05) is 29.8 Å². The van der Waals surface area contributed by atoms with Crippen LogP contribution in [0, 0.1) is 0 Å². The lowest BCUT2D eigenvalue weighted by Gasteiger charge is -2.15. The Labute approximate surface area is 172 Å². The highest BCUT2D eigenvalue weighted by atomic mass is 19.4. The standard InChI is InChI=1S/C20H22N2O.C2HF3O2/c1-2-16(12-15-8-10-21-11-9-15)13-19(3-1)23-20-7-6-18(14-22-20)17-4-5-17;3-2(4,5)1(6)7/h1-3,6-7,12-14,17,21H,4-5,8-11H2;(H,6,7). The average Bonchev–Trinajstić information content (AvgIpc) is 3.55. The van der Waals surface area contributed by atoms with Crippen LogP contribution in [0.1, 0.15) is 42.7 Å². The Morgan fingerprint density at radius 1 is 1.17 bits per heavy atom. The van der Waals surface area contributed by atoms with Crippen molar-refractivity contribution in [2.75, 3.05) is 13.1 Å². The second-order valence-corrected chi connectivity index (χ2v) is 7.23. The van der Waals surface area contributed by atoms with E-state index in [-0.39, 0.29) is 0 Å². The SMILES string of the molecule is C(=C1CCNCC1)c1cccc(Oc2ccc(C3CC3)cn2)c1.O=C(O)C(F)(F)F. The van der Waals surface area contributed by atoms with Gasteiger partial charge in [0, 0.05) is 12.3 Å². The van der Waals surface area contributed by atoms with E-state index in [1.54, 1.807) is 0 Å². The van der Waals surface area contributed by atoms with Gasteiger partial charge in [0.05, 0.1) is 0 Å². The van der Waals surface area contributed by atoms with Gasteiger partial charge in [-0.15, -0.1) is 0 Å². The molecule has 2 aliphatic rings. The number of nitrogens with one attached hydrogen (secondary N) is 1. The topological polar surface area (TPSA) is 71.5 Å². The minimum absolute atomic E-state index is 0.668. The summed E-state index contributed by atoms with van der Waals surface area (Å²) in [5.41, 5.74) is 4.04. The first-order valence-corrected chi connectivity index (χ1v) is 9.75. The Bertz CT molecular complexity index is 883. The minimum Gasteiger partial charge on any atom is -0.475 e. The molecule has 2 fully saturated rings. The zero-order valence-corrected chi connectivity index (χ0v) is 16.3. The molecular weight excluding hydrogens is 397 g/mol. The summed E-state index contributed by atoms with van der Waals surface area (Å²) in [7, 11) is 0. The van der Waals surface area contributed by atoms with E-state index < -0.39 is 12.1 Å². The van der Waals surface area contributed by atoms with Crippen LogP contribution in [0.25, 0.3) is 6.08 Å². The van der Waals surface area contributed by atoms with Crippen LogP contribution >= 0.6 is 0 Å². The highest BCUT2D eigenvalue weighted by molar-refractivity contribution is 5.73. The Morgan fingerprint density at radius 3 is 2.43 bits per heavy atom. The van der Waals surface area contributed by atoms with E-state index in [9.17, 15) is 13.2 Å². The van der Waals surface area contributed by atoms with E-state index in [4.69, 9.17) is 14.6 Å². The Balaban J connectivity index is 0.000000318. The first-order valence-electron chi connectivity index (χ1n) is 9.75. The van der Waals surface area contributed by atoms with Gasteiger partial charge in [-0.25, -0.2) is 9.78 Å². The summed E-state index contributed by atoms with van der Waals surface area (Å²) in [6.45, 7) is 2.17. The number of carboxylic acids is 1. The number of halogens is 3. The van der Waals surface area contributed by atoms with Crippen LogP contribution < -0.4 is 10.1 Å². The maximum absolute atomic E-state index is 10.6. The molecule has 0 bridgehead atoms. The fourth-order valence-electron chi connectivity index (χ4n) is 3.03. The lowest BCUT2D eigenvalue weighted by molar-refractivity contribution is -0.192. The number of hydrogen-bond acceptors (Lipinski definition) is 4. The Kier molecular flexibility index (Phi) is 7.10. The smallest absolute Gasteiger partial charge is 0.475 e. The van der Waals surface area contributed by atoms with Gasteiger partial charge in [0.25, 0.3) is 0 Å². The van der Waals surface area contributed by atoms with Crippen LogP contribution in [0.5, 0.6) is 11.6 Å². The maximum Gasteiger partial charge on any atom is 0.490 e. The molecule has 160 valence electrons. The molecule has 1 aliphatic heterocycles. The number of pyridine rings is 1. The molecule has 1 saturated carbocycles. The number of hydrogen-bond donors (Lipinski definition) is 2. The lowest BCUT2D eigenvalue weighted by atomic mass is 10.0. The van der Waals surface area contributed by atoms with Crippen LogP contribution in [0.2, 0.25) is 0 Å². The van der Waals surface area contributed by atoms with E-state index in [1.165, 1.54) is 29.5 Å². The van der Waals surface area contributed by atoms with E-state index >= 15 is 0 Å². The van der Waals surface area contributed by atoms with Crippen molar-refractivity contribution in [3.63, 3.8) is 0 Å². The number of aromatic nitrogens is 1. The first-order chi connectivity index (χ1) is 14.3. The molecule has 1 saturated heterocycles. The Morgan fingerprint density at radius 2 is 1.87 bits per heavy atom. The normalized spacial score (nSPS) is 16.3. The van der Waals surface area contributed by atoms with Crippen molar-refractivity contribution in [1.82, 2.24) is 10.3 Å². The third-order valence-electron chi connectivity index (χ3n) is 4.75. The van der Waals surface area contributed by atoms with Crippen LogP contribution in [0.3, 0.4) is 0 Å². The molecule has 5 nitrogen and oxygen atoms in total. The van der Waals surface area contributed by atoms with Crippen molar-refractivity contribution in [1.29, 1.82) is 0 Å². The fraction of sp³-hybridized carbons (Fsp3) is 0.364. The third-order valence-corrected chi connectivity index (χ3v) is 4.75. The van der Waals surface area contributed by atoms with Gasteiger partial charge in [-0.2, -0.15) is 13.2 Å². The zero-order valence-electron chi connectivity index (χ0n) is 16.3. The molecule has 0 spiro atoms. The number of carbonyl (C=O) groups is 1. The summed E-state index contributed by atoms with van der Waals surface area (Å²) in [5.74, 6) is -0.509. The van der Waals surface area contributed by atoms with Crippen molar-refractivity contribution in [2.45, 2.75) is 37.8 Å². The Hall–Kier alpha value is -2.87. The molecule has 4 rings (SSSR count). The number of ether oxygens (including phenoxy) is 1. The number of piperidine rings is 1. The predicted octanol–water partition coefficient (Wildman–Crippen LogP) is 5.15. The third kappa shape index (κ3) is 6.88. The predicted molar refractivity (Wildman–Crippen MR) is 106 cm³/mol. The highest BCUT2D eigenvalue weighted by Gasteiger charge is 2.38. The second kappa shape index (κ2) is 9.75. The van der Waals surface area contributed by atoms with Crippen LogP contribution in [0.15, 0.2) is 48.2 Å². The summed E-state index contributed by atoms with van der Waals surface area (Å²) in [6.07, 6.45) is 4.03. The van der Waals surface area contributed by atoms with Gasteiger partial charge in [-0.05, 0) is 68.0 Å². The van der Waals surface area contributed by atoms with Crippen molar-refractivity contribution in [3.05, 3.63) is 59.3 Å². The zero-order chi connectivity index (χ0) is 21.6. The molecule has 0 amide bonds. The molecule has 2 aromatic rings. The van der Waals surface area contributed by atoms with E-state index in [0.29, 0.717) is 5.88 Å². The number of nitrogens with zero attached hydrogens (tertiary/aromatic N) is 1. The first kappa shape index (κ1) is 21.8. The number of alkyl halides is 3. The number of benzene rings is 1. The van der Waals surface area contributed by atoms with Crippen molar-refractivity contribution < 1.29 is 27.8 Å². The molecule has 8 heteroatoms. The molecule has 2 heterocycles. The molecule has 0 radical (unpaired) electrons. The van der Waals surface area contributed by atoms with Crippen molar-refractivity contribution in [2.24, 2.45) is 0 Å². The van der Waals surface area contributed by atoms with Gasteiger partial charge >= 0.3 is 12.1 Å². The van der Waals surface area contributed by atoms with Crippen LogP contribution in [0.4, 0.5) is 13.2 Å². The fourth-order valence-corrected chi connectivity index (χ4v) is 3.03. The van der Waals surface area contributed by atoms with Crippen LogP contribution in [-0.2, 0) is 4.79 Å². The molecule has 2 N–H and O–H groups in total. The second-order valence-electron chi connectivity index (χ2n) is 7.23. The lowest BCUT2D eigenvalue weighted by Crippen LogP contribution is -2.22. The van der Waals surface area contributed by atoms with Gasteiger partial charge in [0.2, 0.25) is 5.88 Å². The summed E-state index contributed by atoms with van der Waals surface area (Å²) in [5, 5.41) is 10.5. The highest BCUT2D eigenvalue weighted by Crippen LogP contribution is 2.40. The number of carboxylic acid groups (broad SMARTS) is 1. The average molecular weight is 420 g/mol. The monoisotopic (exact) mass is 420 g/mol. The molecule has 0 atom stereocenters. The van der Waals surface area contributed by atoms with Gasteiger partial charge in [0.15, 0.2) is 0 Å². The quantitative estimate of drug-likeness (QED) is 0.716. The molecular formula is C22H23F3N2O3. The maximum atomic E-state index is 10.6. The van der Waals surface area contributed by atoms with E-state index in [2.05, 4.69) is 34.6 Å². The molecule has 1 aromatic carbocycles. The van der Waals surface area contributed by atoms with E-state index in [0.717, 1.165) is 37.6 Å². The molecule has 1 aliphatic carbocycles. The van der Waals surface area contributed by atoms with Crippen molar-refractivity contribution >= 4 is 12.0 Å². The number of aliphatic carboxylic acids is 1. The number of rotatable bonds is 4. The van der Waals surface area contributed by atoms with Crippen molar-refractivity contribution in [3.8, 4) is 11.6 Å². The van der Waals surface area contributed by atoms with Gasteiger partial charge in [0.1, 0.15) is 5.75 Å². The minimum atomic E-state index is -5.08. The summed E-state index contributed by atoms with van der Waals surface area (Å²) in [6, 6.07) is 12.4. The van der Waals surface area contributed by atoms with E-state index in [1.807, 2.05) is 24.4 Å².